The maximum atomic E-state index is 13.8. The number of hydrogen-bond donors (Lipinski definition) is 1. The summed E-state index contributed by atoms with van der Waals surface area (Å²) in [5.41, 5.74) is 2.70. The van der Waals surface area contributed by atoms with Gasteiger partial charge in [-0.15, -0.1) is 18.2 Å². The van der Waals surface area contributed by atoms with Crippen molar-refractivity contribution < 1.29 is 58.9 Å². The molecule has 5 rings (SSSR count). The molecule has 3 heterocycles. The van der Waals surface area contributed by atoms with Crippen molar-refractivity contribution in [2.24, 2.45) is 0 Å². The Morgan fingerprint density at radius 2 is 1.68 bits per heavy atom. The molecule has 2 aromatic carbocycles. The number of carbonyl (C=O) groups is 1. The molecule has 0 aliphatic carbocycles. The third-order valence-electron chi connectivity index (χ3n) is 4.75. The zero-order chi connectivity index (χ0) is 25.9. The van der Waals surface area contributed by atoms with Crippen LogP contribution in [0.1, 0.15) is 21.6 Å². The van der Waals surface area contributed by atoms with E-state index in [0.717, 1.165) is 17.3 Å². The number of aromatic nitrogens is 4. The third-order valence-corrected chi connectivity index (χ3v) is 4.75. The molecule has 0 saturated heterocycles. The van der Waals surface area contributed by atoms with Gasteiger partial charge in [-0.2, -0.15) is 29.4 Å². The van der Waals surface area contributed by atoms with Crippen LogP contribution in [0.3, 0.4) is 0 Å². The molecular formula is C28H22F2Ir2N4O2-2. The van der Waals surface area contributed by atoms with Gasteiger partial charge < -0.3 is 10.1 Å². The number of aryl methyl sites for hydroxylation is 1. The maximum Gasteiger partial charge on any atom is 0.354 e. The Morgan fingerprint density at radius 3 is 2.24 bits per heavy atom. The number of aromatic carboxylic acids is 1. The zero-order valence-corrected chi connectivity index (χ0v) is 25.0. The van der Waals surface area contributed by atoms with Crippen molar-refractivity contribution in [1.82, 2.24) is 19.7 Å². The minimum atomic E-state index is -0.990. The molecule has 0 atom stereocenters. The van der Waals surface area contributed by atoms with Crippen LogP contribution in [0.25, 0.3) is 16.9 Å². The second-order valence-corrected chi connectivity index (χ2v) is 7.39. The van der Waals surface area contributed by atoms with Gasteiger partial charge in [0.15, 0.2) is 0 Å². The Morgan fingerprint density at radius 1 is 0.921 bits per heavy atom. The maximum absolute atomic E-state index is 13.8. The fraction of sp³-hybridized carbons (Fsp3) is 0.0714. The number of carboxylic acids is 1. The predicted molar refractivity (Wildman–Crippen MR) is 131 cm³/mol. The Labute approximate surface area is 246 Å². The van der Waals surface area contributed by atoms with Crippen LogP contribution in [0, 0.1) is 37.6 Å². The van der Waals surface area contributed by atoms with Crippen LogP contribution < -0.4 is 0 Å². The molecule has 10 heteroatoms. The molecule has 0 bridgehead atoms. The monoisotopic (exact) mass is 870 g/mol. The molecule has 5 aromatic rings. The SMILES string of the molecule is Cc1ccnc(-c2[c-]cc(F)c(C)c2F)c1.O=C(O)c1ccccn1.[Ir].[Ir].[c-]1ccccc1-n1cccn1. The van der Waals surface area contributed by atoms with Crippen LogP contribution in [0.4, 0.5) is 8.78 Å². The van der Waals surface area contributed by atoms with Crippen LogP contribution in [-0.2, 0) is 40.2 Å². The molecule has 38 heavy (non-hydrogen) atoms. The van der Waals surface area contributed by atoms with E-state index in [1.165, 1.54) is 19.2 Å². The van der Waals surface area contributed by atoms with Crippen molar-refractivity contribution in [3.8, 4) is 16.9 Å². The van der Waals surface area contributed by atoms with Crippen LogP contribution in [0.5, 0.6) is 0 Å². The van der Waals surface area contributed by atoms with Crippen LogP contribution >= 0.6 is 0 Å². The molecule has 0 aliphatic rings. The molecule has 1 N–H and O–H groups in total. The van der Waals surface area contributed by atoms with Gasteiger partial charge in [-0.25, -0.2) is 9.78 Å². The Bertz CT molecular complexity index is 1410. The van der Waals surface area contributed by atoms with Crippen molar-refractivity contribution in [1.29, 1.82) is 0 Å². The molecule has 0 spiro atoms. The average molecular weight is 869 g/mol. The molecule has 0 fully saturated rings. The number of para-hydroxylation sites is 1. The summed E-state index contributed by atoms with van der Waals surface area (Å²) in [6.45, 7) is 3.29. The summed E-state index contributed by atoms with van der Waals surface area (Å²) >= 11 is 0. The minimum Gasteiger partial charge on any atom is -0.477 e. The Hall–Kier alpha value is -3.42. The van der Waals surface area contributed by atoms with Gasteiger partial charge in [0.25, 0.3) is 0 Å². The predicted octanol–water partition coefficient (Wildman–Crippen LogP) is 5.89. The van der Waals surface area contributed by atoms with E-state index in [1.807, 2.05) is 49.5 Å². The largest absolute Gasteiger partial charge is 0.477 e. The topological polar surface area (TPSA) is 80.9 Å². The number of hydrogen-bond acceptors (Lipinski definition) is 4. The molecule has 0 saturated carbocycles. The van der Waals surface area contributed by atoms with E-state index in [1.54, 1.807) is 35.3 Å². The molecule has 3 aromatic heterocycles. The third kappa shape index (κ3) is 9.47. The smallest absolute Gasteiger partial charge is 0.354 e. The van der Waals surface area contributed by atoms with Crippen LogP contribution in [0.15, 0.2) is 91.5 Å². The van der Waals surface area contributed by atoms with Gasteiger partial charge in [-0.3, -0.25) is 13.5 Å². The number of halogens is 2. The zero-order valence-electron chi connectivity index (χ0n) is 20.2. The van der Waals surface area contributed by atoms with Crippen molar-refractivity contribution in [2.75, 3.05) is 0 Å². The molecule has 0 unspecified atom stereocenters. The van der Waals surface area contributed by atoms with Gasteiger partial charge >= 0.3 is 5.97 Å². The number of carboxylic acid groups (broad SMARTS) is 1. The van der Waals surface area contributed by atoms with Gasteiger partial charge in [0.2, 0.25) is 0 Å². The van der Waals surface area contributed by atoms with Crippen molar-refractivity contribution in [3.05, 3.63) is 132 Å². The number of pyridine rings is 2. The van der Waals surface area contributed by atoms with Crippen LogP contribution in [0.2, 0.25) is 0 Å². The van der Waals surface area contributed by atoms with Gasteiger partial charge in [0.05, 0.1) is 0 Å². The molecule has 6 nitrogen and oxygen atoms in total. The first-order chi connectivity index (χ1) is 17.4. The van der Waals surface area contributed by atoms with Gasteiger partial charge in [-0.05, 0) is 42.6 Å². The van der Waals surface area contributed by atoms with E-state index in [-0.39, 0.29) is 57.0 Å². The number of benzene rings is 2. The van der Waals surface area contributed by atoms with Crippen molar-refractivity contribution in [3.63, 3.8) is 0 Å². The van der Waals surface area contributed by atoms with Crippen molar-refractivity contribution >= 4 is 5.97 Å². The molecule has 200 valence electrons. The summed E-state index contributed by atoms with van der Waals surface area (Å²) in [7, 11) is 0. The summed E-state index contributed by atoms with van der Waals surface area (Å²) in [6.07, 6.45) is 6.69. The summed E-state index contributed by atoms with van der Waals surface area (Å²) in [5, 5.41) is 12.4. The number of rotatable bonds is 3. The molecule has 0 aliphatic heterocycles. The van der Waals surface area contributed by atoms with E-state index >= 15 is 0 Å². The molecule has 0 amide bonds. The van der Waals surface area contributed by atoms with Gasteiger partial charge in [0, 0.05) is 76.6 Å². The quantitative estimate of drug-likeness (QED) is 0.229. The second-order valence-electron chi connectivity index (χ2n) is 7.39. The first kappa shape index (κ1) is 32.6. The Balaban J connectivity index is 0.000000290. The first-order valence-corrected chi connectivity index (χ1v) is 10.8. The summed E-state index contributed by atoms with van der Waals surface area (Å²) in [4.78, 5) is 17.8. The van der Waals surface area contributed by atoms with Gasteiger partial charge in [0.1, 0.15) is 5.69 Å². The molecule has 2 radical (unpaired) electrons. The summed E-state index contributed by atoms with van der Waals surface area (Å²) in [6, 6.07) is 24.7. The minimum absolute atomic E-state index is 0. The standard InChI is InChI=1S/C13H10F2N.C9H7N2.C6H5NO2.2Ir/c1-8-5-6-16-12(7-8)10-3-4-11(14)9(2)13(10)15;1-2-5-9(6-3-1)11-8-4-7-10-11;8-6(9)5-3-1-2-4-7-5;;/h4-7H,1-2H3;1-5,7-8H;1-4H,(H,8,9);;/q2*-1;;;. The van der Waals surface area contributed by atoms with E-state index in [4.69, 9.17) is 5.11 Å². The van der Waals surface area contributed by atoms with E-state index in [2.05, 4.69) is 27.2 Å². The second kappa shape index (κ2) is 16.4. The molecular weight excluding hydrogens is 847 g/mol. The van der Waals surface area contributed by atoms with Crippen molar-refractivity contribution in [2.45, 2.75) is 13.8 Å². The van der Waals surface area contributed by atoms with E-state index < -0.39 is 17.6 Å². The van der Waals surface area contributed by atoms with Gasteiger partial charge in [-0.1, -0.05) is 35.7 Å². The summed E-state index contributed by atoms with van der Waals surface area (Å²) < 4.78 is 28.6. The fourth-order valence-corrected chi connectivity index (χ4v) is 2.89. The van der Waals surface area contributed by atoms with E-state index in [0.29, 0.717) is 5.69 Å². The average Bonchev–Trinajstić information content (AvgIpc) is 3.45. The fourth-order valence-electron chi connectivity index (χ4n) is 2.89. The summed E-state index contributed by atoms with van der Waals surface area (Å²) in [5.74, 6) is -2.18. The Kier molecular flexibility index (Phi) is 14.1. The van der Waals surface area contributed by atoms with E-state index in [9.17, 15) is 13.6 Å². The normalized spacial score (nSPS) is 9.37. The number of nitrogens with zero attached hydrogens (tertiary/aromatic N) is 4. The van der Waals surface area contributed by atoms with Crippen LogP contribution in [-0.4, -0.2) is 30.8 Å². The first-order valence-electron chi connectivity index (χ1n) is 10.8.